The van der Waals surface area contributed by atoms with E-state index in [1.54, 1.807) is 13.3 Å². The molecule has 1 aliphatic heterocycles. The smallest absolute Gasteiger partial charge is 0.225 e. The largest absolute Gasteiger partial charge is 0.379 e. The maximum absolute atomic E-state index is 11.8. The van der Waals surface area contributed by atoms with Gasteiger partial charge in [0.25, 0.3) is 0 Å². The summed E-state index contributed by atoms with van der Waals surface area (Å²) in [6.07, 6.45) is 8.15. The number of carbonyl (C=O) groups excluding carboxylic acids is 1. The van der Waals surface area contributed by atoms with E-state index in [0.29, 0.717) is 32.7 Å². The summed E-state index contributed by atoms with van der Waals surface area (Å²) in [7, 11) is 1.73. The van der Waals surface area contributed by atoms with E-state index in [2.05, 4.69) is 4.99 Å². The van der Waals surface area contributed by atoms with Crippen LogP contribution < -0.4 is 0 Å². The maximum Gasteiger partial charge on any atom is 0.225 e. The molecule has 1 fully saturated rings. The van der Waals surface area contributed by atoms with Crippen molar-refractivity contribution in [3.05, 3.63) is 23.8 Å². The first kappa shape index (κ1) is 13.6. The van der Waals surface area contributed by atoms with Crippen LogP contribution >= 0.6 is 0 Å². The van der Waals surface area contributed by atoms with E-state index in [0.717, 1.165) is 5.57 Å². The zero-order chi connectivity index (χ0) is 12.5. The highest BCUT2D eigenvalue weighted by molar-refractivity contribution is 5.82. The van der Waals surface area contributed by atoms with E-state index < -0.39 is 0 Å². The summed E-state index contributed by atoms with van der Waals surface area (Å²) in [5, 5.41) is 0. The molecule has 94 valence electrons. The number of allylic oxidation sites excluding steroid dienone is 3. The van der Waals surface area contributed by atoms with Gasteiger partial charge in [-0.2, -0.15) is 0 Å². The van der Waals surface area contributed by atoms with Crippen molar-refractivity contribution < 1.29 is 9.53 Å². The van der Waals surface area contributed by atoms with Gasteiger partial charge in [0.15, 0.2) is 0 Å². The molecule has 0 aromatic rings. The molecule has 0 radical (unpaired) electrons. The lowest BCUT2D eigenvalue weighted by Crippen LogP contribution is -2.33. The van der Waals surface area contributed by atoms with Crippen LogP contribution in [-0.4, -0.2) is 50.4 Å². The Bertz CT molecular complexity index is 332. The second-order valence-electron chi connectivity index (χ2n) is 3.83. The van der Waals surface area contributed by atoms with Crippen molar-refractivity contribution in [2.75, 3.05) is 33.4 Å². The Morgan fingerprint density at radius 1 is 1.53 bits per heavy atom. The number of hydrogen-bond acceptors (Lipinski definition) is 3. The van der Waals surface area contributed by atoms with E-state index in [9.17, 15) is 4.79 Å². The average molecular weight is 236 g/mol. The zero-order valence-corrected chi connectivity index (χ0v) is 10.6. The van der Waals surface area contributed by atoms with E-state index in [-0.39, 0.29) is 5.91 Å². The highest BCUT2D eigenvalue weighted by Gasteiger charge is 2.17. The first-order valence-electron chi connectivity index (χ1n) is 5.87. The number of nitrogens with zero attached hydrogens (tertiary/aromatic N) is 2. The van der Waals surface area contributed by atoms with Crippen LogP contribution in [0.15, 0.2) is 28.8 Å². The van der Waals surface area contributed by atoms with Crippen molar-refractivity contribution in [2.45, 2.75) is 13.3 Å². The van der Waals surface area contributed by atoms with Crippen molar-refractivity contribution >= 4 is 12.1 Å². The molecule has 0 N–H and O–H groups in total. The van der Waals surface area contributed by atoms with Crippen LogP contribution in [-0.2, 0) is 9.53 Å². The van der Waals surface area contributed by atoms with Crippen LogP contribution in [0, 0.1) is 0 Å². The lowest BCUT2D eigenvalue weighted by molar-refractivity contribution is -0.129. The Kier molecular flexibility index (Phi) is 6.25. The molecule has 1 saturated heterocycles. The molecule has 1 amide bonds. The molecule has 17 heavy (non-hydrogen) atoms. The first-order chi connectivity index (χ1) is 8.27. The number of hydrogen-bond donors (Lipinski definition) is 0. The minimum Gasteiger partial charge on any atom is -0.379 e. The van der Waals surface area contributed by atoms with Gasteiger partial charge in [0.1, 0.15) is 0 Å². The summed E-state index contributed by atoms with van der Waals surface area (Å²) in [5.74, 6) is 0.151. The number of carbonyl (C=O) groups is 1. The SMILES string of the molecule is C/C=C/C=C(\C=NC)CN1CCOCCC1=O. The molecule has 0 unspecified atom stereocenters. The van der Waals surface area contributed by atoms with Crippen LogP contribution in [0.25, 0.3) is 0 Å². The van der Waals surface area contributed by atoms with Crippen molar-refractivity contribution in [1.29, 1.82) is 0 Å². The minimum atomic E-state index is 0.151. The molecule has 1 aliphatic rings. The normalized spacial score (nSPS) is 19.3. The van der Waals surface area contributed by atoms with Crippen molar-refractivity contribution in [2.24, 2.45) is 4.99 Å². The zero-order valence-electron chi connectivity index (χ0n) is 10.6. The third-order valence-electron chi connectivity index (χ3n) is 2.49. The Morgan fingerprint density at radius 2 is 2.35 bits per heavy atom. The third kappa shape index (κ3) is 4.95. The standard InChI is InChI=1S/C13H20N2O2/c1-3-4-5-12(10-14-2)11-15-7-9-17-8-6-13(15)16/h3-5,10H,6-9,11H2,1-2H3/b4-3+,12-5+,14-10?. The van der Waals surface area contributed by atoms with E-state index >= 15 is 0 Å². The fourth-order valence-electron chi connectivity index (χ4n) is 1.63. The summed E-state index contributed by atoms with van der Waals surface area (Å²) in [6, 6.07) is 0. The molecule has 0 atom stereocenters. The van der Waals surface area contributed by atoms with Gasteiger partial charge in [0, 0.05) is 26.4 Å². The van der Waals surface area contributed by atoms with Gasteiger partial charge in [-0.05, 0) is 12.5 Å². The Balaban J connectivity index is 2.67. The molecule has 0 bridgehead atoms. The number of ether oxygens (including phenoxy) is 1. The van der Waals surface area contributed by atoms with Gasteiger partial charge in [-0.15, -0.1) is 0 Å². The fourth-order valence-corrected chi connectivity index (χ4v) is 1.63. The first-order valence-corrected chi connectivity index (χ1v) is 5.87. The van der Waals surface area contributed by atoms with Gasteiger partial charge in [0.05, 0.1) is 19.6 Å². The monoisotopic (exact) mass is 236 g/mol. The van der Waals surface area contributed by atoms with Crippen LogP contribution in [0.1, 0.15) is 13.3 Å². The molecule has 1 rings (SSSR count). The molecule has 0 spiro atoms. The molecular formula is C13H20N2O2. The second kappa shape index (κ2) is 7.79. The van der Waals surface area contributed by atoms with Crippen LogP contribution in [0.2, 0.25) is 0 Å². The van der Waals surface area contributed by atoms with Gasteiger partial charge in [-0.1, -0.05) is 18.2 Å². The Hall–Kier alpha value is -1.42. The molecule has 0 aromatic carbocycles. The summed E-state index contributed by atoms with van der Waals surface area (Å²) < 4.78 is 5.29. The summed E-state index contributed by atoms with van der Waals surface area (Å²) in [5.41, 5.74) is 1.03. The molecule has 0 saturated carbocycles. The molecule has 4 heteroatoms. The summed E-state index contributed by atoms with van der Waals surface area (Å²) in [4.78, 5) is 17.6. The van der Waals surface area contributed by atoms with Crippen molar-refractivity contribution in [3.63, 3.8) is 0 Å². The van der Waals surface area contributed by atoms with Gasteiger partial charge in [-0.3, -0.25) is 9.79 Å². The van der Waals surface area contributed by atoms with E-state index in [1.165, 1.54) is 0 Å². The summed E-state index contributed by atoms with van der Waals surface area (Å²) in [6.45, 7) is 4.37. The molecular weight excluding hydrogens is 216 g/mol. The van der Waals surface area contributed by atoms with Crippen molar-refractivity contribution in [3.8, 4) is 0 Å². The van der Waals surface area contributed by atoms with Crippen LogP contribution in [0.5, 0.6) is 0 Å². The van der Waals surface area contributed by atoms with E-state index in [4.69, 9.17) is 4.74 Å². The predicted octanol–water partition coefficient (Wildman–Crippen LogP) is 1.44. The molecule has 0 aromatic heterocycles. The predicted molar refractivity (Wildman–Crippen MR) is 69.3 cm³/mol. The molecule has 1 heterocycles. The lowest BCUT2D eigenvalue weighted by atomic mass is 10.2. The van der Waals surface area contributed by atoms with Gasteiger partial charge < -0.3 is 9.64 Å². The molecule has 4 nitrogen and oxygen atoms in total. The number of aliphatic imine (C=N–C) groups is 1. The third-order valence-corrected chi connectivity index (χ3v) is 2.49. The number of rotatable bonds is 4. The highest BCUT2D eigenvalue weighted by atomic mass is 16.5. The average Bonchev–Trinajstić information content (AvgIpc) is 2.52. The van der Waals surface area contributed by atoms with Gasteiger partial charge >= 0.3 is 0 Å². The maximum atomic E-state index is 11.8. The molecule has 0 aliphatic carbocycles. The summed E-state index contributed by atoms with van der Waals surface area (Å²) >= 11 is 0. The second-order valence-corrected chi connectivity index (χ2v) is 3.83. The van der Waals surface area contributed by atoms with Gasteiger partial charge in [0.2, 0.25) is 5.91 Å². The van der Waals surface area contributed by atoms with Crippen molar-refractivity contribution in [1.82, 2.24) is 4.90 Å². The lowest BCUT2D eigenvalue weighted by Gasteiger charge is -2.19. The topological polar surface area (TPSA) is 41.9 Å². The quantitative estimate of drug-likeness (QED) is 0.547. The van der Waals surface area contributed by atoms with Gasteiger partial charge in [-0.25, -0.2) is 0 Å². The van der Waals surface area contributed by atoms with Crippen LogP contribution in [0.3, 0.4) is 0 Å². The Labute approximate surface area is 103 Å². The Morgan fingerprint density at radius 3 is 3.06 bits per heavy atom. The number of amides is 1. The highest BCUT2D eigenvalue weighted by Crippen LogP contribution is 2.05. The minimum absolute atomic E-state index is 0.151. The van der Waals surface area contributed by atoms with Crippen LogP contribution in [0.4, 0.5) is 0 Å². The van der Waals surface area contributed by atoms with E-state index in [1.807, 2.05) is 30.1 Å². The fraction of sp³-hybridized carbons (Fsp3) is 0.538.